The second kappa shape index (κ2) is 2.86. The van der Waals surface area contributed by atoms with Crippen molar-refractivity contribution in [1.82, 2.24) is 15.0 Å². The third-order valence-corrected chi connectivity index (χ3v) is 2.07. The van der Waals surface area contributed by atoms with Crippen LogP contribution in [0.3, 0.4) is 0 Å². The predicted molar refractivity (Wildman–Crippen MR) is 47.6 cm³/mol. The quantitative estimate of drug-likeness (QED) is 0.712. The highest BCUT2D eigenvalue weighted by atomic mass is 32.1. The van der Waals surface area contributed by atoms with Gasteiger partial charge in [0.05, 0.1) is 0 Å². The smallest absolute Gasteiger partial charge is 0.190 e. The van der Waals surface area contributed by atoms with Crippen LogP contribution in [0.25, 0.3) is 10.8 Å². The third-order valence-electron chi connectivity index (χ3n) is 1.30. The van der Waals surface area contributed by atoms with Gasteiger partial charge in [0.2, 0.25) is 0 Å². The molecule has 0 aliphatic carbocycles. The molecular weight excluding hydrogens is 172 g/mol. The molecule has 0 aliphatic heterocycles. The van der Waals surface area contributed by atoms with Gasteiger partial charge in [0.25, 0.3) is 0 Å². The average molecular weight is 178 g/mol. The van der Waals surface area contributed by atoms with Gasteiger partial charge in [-0.2, -0.15) is 0 Å². The summed E-state index contributed by atoms with van der Waals surface area (Å²) in [4.78, 5) is 12.1. The van der Waals surface area contributed by atoms with Crippen molar-refractivity contribution in [3.8, 4) is 10.8 Å². The van der Waals surface area contributed by atoms with Crippen LogP contribution in [0.2, 0.25) is 0 Å². The molecule has 0 aliphatic rings. The first-order valence-corrected chi connectivity index (χ1v) is 4.22. The second-order valence-electron chi connectivity index (χ2n) is 2.14. The van der Waals surface area contributed by atoms with Crippen LogP contribution in [-0.2, 0) is 0 Å². The highest BCUT2D eigenvalue weighted by molar-refractivity contribution is 7.12. The van der Waals surface area contributed by atoms with E-state index in [1.54, 1.807) is 18.5 Å². The zero-order chi connectivity index (χ0) is 8.39. The lowest BCUT2D eigenvalue weighted by Gasteiger charge is -1.94. The maximum Gasteiger partial charge on any atom is 0.190 e. The summed E-state index contributed by atoms with van der Waals surface area (Å²) in [6.07, 6.45) is 3.34. The van der Waals surface area contributed by atoms with Crippen LogP contribution in [0.5, 0.6) is 0 Å². The Morgan fingerprint density at radius 3 is 2.83 bits per heavy atom. The zero-order valence-electron chi connectivity index (χ0n) is 6.14. The van der Waals surface area contributed by atoms with E-state index in [9.17, 15) is 0 Å². The van der Waals surface area contributed by atoms with E-state index >= 15 is 0 Å². The van der Waals surface area contributed by atoms with E-state index in [-0.39, 0.29) is 0 Å². The van der Waals surface area contributed by atoms with Gasteiger partial charge in [-0.15, -0.1) is 11.3 Å². The van der Waals surface area contributed by atoms with Crippen molar-refractivity contribution in [2.24, 2.45) is 0 Å². The van der Waals surface area contributed by atoms with Gasteiger partial charge in [0.1, 0.15) is 5.82 Å². The summed E-state index contributed by atoms with van der Waals surface area (Å²) in [5, 5.41) is 2.67. The summed E-state index contributed by atoms with van der Waals surface area (Å²) in [5.41, 5.74) is 5.49. The van der Waals surface area contributed by atoms with Crippen LogP contribution in [0.15, 0.2) is 23.8 Å². The SMILES string of the molecule is Nc1ccnc(-c2nccs2)n1. The molecule has 2 aromatic heterocycles. The van der Waals surface area contributed by atoms with Crippen molar-refractivity contribution in [2.45, 2.75) is 0 Å². The standard InChI is InChI=1S/C7H6N4S/c8-5-1-2-9-6(11-5)7-10-3-4-12-7/h1-4H,(H2,8,9,11). The van der Waals surface area contributed by atoms with Gasteiger partial charge < -0.3 is 5.73 Å². The van der Waals surface area contributed by atoms with Gasteiger partial charge in [0.15, 0.2) is 10.8 Å². The molecule has 0 radical (unpaired) electrons. The molecule has 0 unspecified atom stereocenters. The fourth-order valence-electron chi connectivity index (χ4n) is 0.810. The molecule has 2 N–H and O–H groups in total. The highest BCUT2D eigenvalue weighted by Crippen LogP contribution is 2.16. The summed E-state index contributed by atoms with van der Waals surface area (Å²) in [6.45, 7) is 0. The minimum absolute atomic E-state index is 0.468. The Morgan fingerprint density at radius 1 is 1.25 bits per heavy atom. The van der Waals surface area contributed by atoms with Crippen molar-refractivity contribution in [2.75, 3.05) is 5.73 Å². The fourth-order valence-corrected chi connectivity index (χ4v) is 1.39. The van der Waals surface area contributed by atoms with E-state index < -0.39 is 0 Å². The Bertz CT molecular complexity index is 371. The molecule has 0 fully saturated rings. The predicted octanol–water partition coefficient (Wildman–Crippen LogP) is 1.18. The first-order valence-electron chi connectivity index (χ1n) is 3.34. The number of thiazole rings is 1. The molecule has 2 heterocycles. The van der Waals surface area contributed by atoms with E-state index in [2.05, 4.69) is 15.0 Å². The van der Waals surface area contributed by atoms with Crippen LogP contribution in [0.4, 0.5) is 5.82 Å². The topological polar surface area (TPSA) is 64.7 Å². The molecular formula is C7H6N4S. The average Bonchev–Trinajstić information content (AvgIpc) is 2.56. The first-order chi connectivity index (χ1) is 5.86. The number of anilines is 1. The van der Waals surface area contributed by atoms with Crippen LogP contribution in [-0.4, -0.2) is 15.0 Å². The van der Waals surface area contributed by atoms with E-state index in [0.717, 1.165) is 5.01 Å². The van der Waals surface area contributed by atoms with Crippen LogP contribution in [0, 0.1) is 0 Å². The van der Waals surface area contributed by atoms with Gasteiger partial charge in [-0.1, -0.05) is 0 Å². The number of hydrogen-bond acceptors (Lipinski definition) is 5. The van der Waals surface area contributed by atoms with Crippen LogP contribution in [0.1, 0.15) is 0 Å². The number of nitrogens with two attached hydrogens (primary N) is 1. The fraction of sp³-hybridized carbons (Fsp3) is 0. The Labute approximate surface area is 73.1 Å². The minimum Gasteiger partial charge on any atom is -0.384 e. The molecule has 0 saturated heterocycles. The second-order valence-corrected chi connectivity index (χ2v) is 3.04. The van der Waals surface area contributed by atoms with Crippen molar-refractivity contribution < 1.29 is 0 Å². The molecule has 0 amide bonds. The number of aromatic nitrogens is 3. The van der Waals surface area contributed by atoms with Crippen LogP contribution >= 0.6 is 11.3 Å². The molecule has 5 heteroatoms. The lowest BCUT2D eigenvalue weighted by Crippen LogP contribution is -1.93. The van der Waals surface area contributed by atoms with Crippen molar-refractivity contribution in [1.29, 1.82) is 0 Å². The molecule has 2 rings (SSSR count). The molecule has 0 saturated carbocycles. The Kier molecular flexibility index (Phi) is 1.71. The number of rotatable bonds is 1. The van der Waals surface area contributed by atoms with Gasteiger partial charge in [-0.05, 0) is 6.07 Å². The van der Waals surface area contributed by atoms with Gasteiger partial charge in [0, 0.05) is 17.8 Å². The largest absolute Gasteiger partial charge is 0.384 e. The Balaban J connectivity index is 2.48. The molecule has 0 aromatic carbocycles. The monoisotopic (exact) mass is 178 g/mol. The lowest BCUT2D eigenvalue weighted by molar-refractivity contribution is 1.17. The molecule has 0 atom stereocenters. The van der Waals surface area contributed by atoms with Crippen molar-refractivity contribution in [3.63, 3.8) is 0 Å². The van der Waals surface area contributed by atoms with Gasteiger partial charge >= 0.3 is 0 Å². The molecule has 4 nitrogen and oxygen atoms in total. The number of hydrogen-bond donors (Lipinski definition) is 1. The Hall–Kier alpha value is -1.49. The van der Waals surface area contributed by atoms with Crippen molar-refractivity contribution >= 4 is 17.2 Å². The summed E-state index contributed by atoms with van der Waals surface area (Å²) in [6, 6.07) is 1.65. The van der Waals surface area contributed by atoms with E-state index in [1.165, 1.54) is 11.3 Å². The lowest BCUT2D eigenvalue weighted by atomic mass is 10.5. The van der Waals surface area contributed by atoms with E-state index in [0.29, 0.717) is 11.6 Å². The van der Waals surface area contributed by atoms with Gasteiger partial charge in [-0.25, -0.2) is 15.0 Å². The molecule has 2 aromatic rings. The molecule has 0 bridgehead atoms. The molecule has 0 spiro atoms. The minimum atomic E-state index is 0.468. The van der Waals surface area contributed by atoms with Crippen LogP contribution < -0.4 is 5.73 Å². The molecule has 12 heavy (non-hydrogen) atoms. The summed E-state index contributed by atoms with van der Waals surface area (Å²) in [7, 11) is 0. The maximum absolute atomic E-state index is 5.49. The maximum atomic E-state index is 5.49. The first kappa shape index (κ1) is 7.17. The van der Waals surface area contributed by atoms with E-state index in [4.69, 9.17) is 5.73 Å². The number of nitrogens with zero attached hydrogens (tertiary/aromatic N) is 3. The number of nitrogen functional groups attached to an aromatic ring is 1. The zero-order valence-corrected chi connectivity index (χ0v) is 6.95. The summed E-state index contributed by atoms with van der Waals surface area (Å²) >= 11 is 1.49. The van der Waals surface area contributed by atoms with Crippen molar-refractivity contribution in [3.05, 3.63) is 23.8 Å². The third kappa shape index (κ3) is 1.26. The Morgan fingerprint density at radius 2 is 2.17 bits per heavy atom. The highest BCUT2D eigenvalue weighted by Gasteiger charge is 2.02. The van der Waals surface area contributed by atoms with E-state index in [1.807, 2.05) is 5.38 Å². The summed E-state index contributed by atoms with van der Waals surface area (Å²) < 4.78 is 0. The molecule has 60 valence electrons. The summed E-state index contributed by atoms with van der Waals surface area (Å²) in [5.74, 6) is 1.06. The normalized spacial score (nSPS) is 10.0. The van der Waals surface area contributed by atoms with Gasteiger partial charge in [-0.3, -0.25) is 0 Å².